The number of likely N-dealkylation sites (tertiary alicyclic amines) is 1. The van der Waals surface area contributed by atoms with E-state index in [9.17, 15) is 4.79 Å². The molecule has 1 aliphatic rings. The van der Waals surface area contributed by atoms with E-state index in [0.29, 0.717) is 18.7 Å². The number of para-hydroxylation sites is 1. The second-order valence-electron chi connectivity index (χ2n) is 10.3. The molecule has 0 spiro atoms. The molecule has 38 heavy (non-hydrogen) atoms. The van der Waals surface area contributed by atoms with Gasteiger partial charge in [-0.2, -0.15) is 0 Å². The van der Waals surface area contributed by atoms with Crippen molar-refractivity contribution in [2.24, 2.45) is 0 Å². The van der Waals surface area contributed by atoms with Crippen LogP contribution in [-0.2, 0) is 11.3 Å². The fourth-order valence-electron chi connectivity index (χ4n) is 5.55. The lowest BCUT2D eigenvalue weighted by molar-refractivity contribution is -0.121. The molecule has 5 rings (SSSR count). The Hall–Kier alpha value is -3.64. The number of fused-ring (bicyclic) bond motifs is 1. The zero-order chi connectivity index (χ0) is 26.5. The largest absolute Gasteiger partial charge is 0.497 e. The fraction of sp³-hybridized carbons (Fsp3) is 0.344. The summed E-state index contributed by atoms with van der Waals surface area (Å²) in [7, 11) is 1.66. The van der Waals surface area contributed by atoms with E-state index < -0.39 is 5.92 Å². The average Bonchev–Trinajstić information content (AvgIpc) is 3.58. The van der Waals surface area contributed by atoms with Crippen LogP contribution >= 0.6 is 0 Å². The molecule has 1 aromatic heterocycles. The molecule has 0 radical (unpaired) electrons. The summed E-state index contributed by atoms with van der Waals surface area (Å²) in [5.41, 5.74) is 4.70. The van der Waals surface area contributed by atoms with Crippen LogP contribution in [0, 0.1) is 12.7 Å². The highest BCUT2D eigenvalue weighted by Gasteiger charge is 2.25. The van der Waals surface area contributed by atoms with Crippen LogP contribution in [-0.4, -0.2) is 48.7 Å². The fourth-order valence-corrected chi connectivity index (χ4v) is 5.55. The van der Waals surface area contributed by atoms with Gasteiger partial charge in [0.1, 0.15) is 11.6 Å². The summed E-state index contributed by atoms with van der Waals surface area (Å²) in [5, 5.41) is 4.14. The quantitative estimate of drug-likeness (QED) is 0.288. The first-order valence-electron chi connectivity index (χ1n) is 13.5. The van der Waals surface area contributed by atoms with Gasteiger partial charge in [0.05, 0.1) is 7.11 Å². The molecule has 1 atom stereocenters. The first-order valence-corrected chi connectivity index (χ1v) is 13.5. The molecule has 1 saturated heterocycles. The number of aromatic nitrogens is 1. The van der Waals surface area contributed by atoms with Gasteiger partial charge < -0.3 is 19.5 Å². The smallest absolute Gasteiger partial charge is 0.220 e. The van der Waals surface area contributed by atoms with Gasteiger partial charge in [0, 0.05) is 49.1 Å². The predicted octanol–water partition coefficient (Wildman–Crippen LogP) is 5.88. The van der Waals surface area contributed by atoms with E-state index in [1.54, 1.807) is 13.2 Å². The highest BCUT2D eigenvalue weighted by atomic mass is 19.1. The molecular weight excluding hydrogens is 477 g/mol. The van der Waals surface area contributed by atoms with Crippen molar-refractivity contribution in [2.45, 2.75) is 38.6 Å². The van der Waals surface area contributed by atoms with Gasteiger partial charge in [-0.25, -0.2) is 4.39 Å². The summed E-state index contributed by atoms with van der Waals surface area (Å²) in [6.07, 6.45) is 4.74. The molecule has 1 fully saturated rings. The first kappa shape index (κ1) is 26.0. The van der Waals surface area contributed by atoms with E-state index in [4.69, 9.17) is 4.74 Å². The summed E-state index contributed by atoms with van der Waals surface area (Å²) in [4.78, 5) is 15.6. The summed E-state index contributed by atoms with van der Waals surface area (Å²) in [6, 6.07) is 21.4. The maximum atomic E-state index is 15.3. The lowest BCUT2D eigenvalue weighted by Gasteiger charge is -2.20. The van der Waals surface area contributed by atoms with E-state index in [-0.39, 0.29) is 18.1 Å². The van der Waals surface area contributed by atoms with Crippen LogP contribution in [0.25, 0.3) is 10.9 Å². The minimum atomic E-state index is -0.399. The number of aryl methyl sites for hydroxylation is 1. The van der Waals surface area contributed by atoms with Crippen LogP contribution in [0.15, 0.2) is 72.9 Å². The summed E-state index contributed by atoms with van der Waals surface area (Å²) >= 11 is 0. The van der Waals surface area contributed by atoms with E-state index >= 15 is 4.39 Å². The number of carbonyl (C=O) groups is 1. The Labute approximate surface area is 224 Å². The summed E-state index contributed by atoms with van der Waals surface area (Å²) in [6.45, 7) is 6.29. The Kier molecular flexibility index (Phi) is 8.08. The molecule has 0 aliphatic carbocycles. The molecule has 5 nitrogen and oxygen atoms in total. The van der Waals surface area contributed by atoms with Crippen LogP contribution in [0.1, 0.15) is 47.4 Å². The normalized spacial score (nSPS) is 14.6. The van der Waals surface area contributed by atoms with Gasteiger partial charge in [-0.15, -0.1) is 0 Å². The number of hydrogen-bond acceptors (Lipinski definition) is 3. The minimum absolute atomic E-state index is 0.0536. The zero-order valence-electron chi connectivity index (χ0n) is 22.3. The van der Waals surface area contributed by atoms with Crippen LogP contribution in [0.5, 0.6) is 5.75 Å². The third kappa shape index (κ3) is 5.91. The van der Waals surface area contributed by atoms with Crippen LogP contribution in [0.4, 0.5) is 4.39 Å². The maximum Gasteiger partial charge on any atom is 0.220 e. The molecule has 0 unspecified atom stereocenters. The van der Waals surface area contributed by atoms with Crippen molar-refractivity contribution in [3.63, 3.8) is 0 Å². The molecule has 0 bridgehead atoms. The number of benzene rings is 3. The second kappa shape index (κ2) is 11.8. The standard InChI is InChI=1S/C32H36FN3O2/c1-23-9-14-30(33)28(19-23)27(20-32(37)34-15-18-35-16-5-6-17-35)29-22-36(31-8-4-3-7-26(29)31)21-24-10-12-25(38-2)13-11-24/h3-4,7-14,19,22,27H,5-6,15-18,20-21H2,1-2H3,(H,34,37)/t27-/m1/s1. The van der Waals surface area contributed by atoms with E-state index in [2.05, 4.69) is 45.2 Å². The number of amides is 1. The lowest BCUT2D eigenvalue weighted by Crippen LogP contribution is -2.34. The zero-order valence-corrected chi connectivity index (χ0v) is 22.3. The van der Waals surface area contributed by atoms with Crippen molar-refractivity contribution in [1.82, 2.24) is 14.8 Å². The molecule has 3 aromatic carbocycles. The van der Waals surface area contributed by atoms with Gasteiger partial charge in [0.2, 0.25) is 5.91 Å². The number of halogens is 1. The third-order valence-corrected chi connectivity index (χ3v) is 7.57. The predicted molar refractivity (Wildman–Crippen MR) is 150 cm³/mol. The molecule has 1 N–H and O–H groups in total. The van der Waals surface area contributed by atoms with Crippen LogP contribution in [0.2, 0.25) is 0 Å². The van der Waals surface area contributed by atoms with Crippen molar-refractivity contribution in [1.29, 1.82) is 0 Å². The SMILES string of the molecule is COc1ccc(Cn2cc([C@H](CC(=O)NCCN3CCCC3)c3cc(C)ccc3F)c3ccccc32)cc1. The number of nitrogens with one attached hydrogen (secondary N) is 1. The van der Waals surface area contributed by atoms with Crippen molar-refractivity contribution in [3.8, 4) is 5.75 Å². The average molecular weight is 514 g/mol. The third-order valence-electron chi connectivity index (χ3n) is 7.57. The molecule has 4 aromatic rings. The maximum absolute atomic E-state index is 15.3. The van der Waals surface area contributed by atoms with Crippen molar-refractivity contribution in [2.75, 3.05) is 33.3 Å². The summed E-state index contributed by atoms with van der Waals surface area (Å²) in [5.74, 6) is 0.0841. The van der Waals surface area contributed by atoms with Gasteiger partial charge in [-0.3, -0.25) is 4.79 Å². The Bertz CT molecular complexity index is 1390. The van der Waals surface area contributed by atoms with Crippen molar-refractivity contribution < 1.29 is 13.9 Å². The van der Waals surface area contributed by atoms with Gasteiger partial charge >= 0.3 is 0 Å². The van der Waals surface area contributed by atoms with Gasteiger partial charge in [-0.05, 0) is 73.8 Å². The lowest BCUT2D eigenvalue weighted by atomic mass is 9.87. The molecule has 198 valence electrons. The van der Waals surface area contributed by atoms with Crippen LogP contribution in [0.3, 0.4) is 0 Å². The number of hydrogen-bond donors (Lipinski definition) is 1. The highest BCUT2D eigenvalue weighted by Crippen LogP contribution is 2.36. The topological polar surface area (TPSA) is 46.5 Å². The van der Waals surface area contributed by atoms with E-state index in [1.807, 2.05) is 37.3 Å². The monoisotopic (exact) mass is 513 g/mol. The Morgan fingerprint density at radius 1 is 1.03 bits per heavy atom. The molecular formula is C32H36FN3O2. The number of ether oxygens (including phenoxy) is 1. The minimum Gasteiger partial charge on any atom is -0.497 e. The van der Waals surface area contributed by atoms with Gasteiger partial charge in [0.25, 0.3) is 0 Å². The Balaban J connectivity index is 1.46. The summed E-state index contributed by atoms with van der Waals surface area (Å²) < 4.78 is 22.8. The van der Waals surface area contributed by atoms with Gasteiger partial charge in [0.15, 0.2) is 0 Å². The molecule has 1 amide bonds. The molecule has 1 aliphatic heterocycles. The Morgan fingerprint density at radius 3 is 2.55 bits per heavy atom. The van der Waals surface area contributed by atoms with Crippen LogP contribution < -0.4 is 10.1 Å². The number of carbonyl (C=O) groups excluding carboxylic acids is 1. The second-order valence-corrected chi connectivity index (χ2v) is 10.3. The number of nitrogens with zero attached hydrogens (tertiary/aromatic N) is 2. The molecule has 6 heteroatoms. The Morgan fingerprint density at radius 2 is 1.79 bits per heavy atom. The van der Waals surface area contributed by atoms with Gasteiger partial charge in [-0.1, -0.05) is 48.0 Å². The van der Waals surface area contributed by atoms with E-state index in [0.717, 1.165) is 53.0 Å². The molecule has 2 heterocycles. The molecule has 0 saturated carbocycles. The number of rotatable bonds is 10. The highest BCUT2D eigenvalue weighted by molar-refractivity contribution is 5.87. The van der Waals surface area contributed by atoms with Crippen molar-refractivity contribution >= 4 is 16.8 Å². The first-order chi connectivity index (χ1) is 18.5. The number of methoxy groups -OCH3 is 1. The van der Waals surface area contributed by atoms with Crippen molar-refractivity contribution in [3.05, 3.63) is 101 Å². The van der Waals surface area contributed by atoms with E-state index in [1.165, 1.54) is 18.9 Å².